The lowest BCUT2D eigenvalue weighted by Crippen LogP contribution is -2.46. The molecule has 1 N–H and O–H groups in total. The van der Waals surface area contributed by atoms with Gasteiger partial charge in [-0.25, -0.2) is 8.42 Å². The highest BCUT2D eigenvalue weighted by Crippen LogP contribution is 2.31. The Morgan fingerprint density at radius 3 is 2.22 bits per heavy atom. The quantitative estimate of drug-likeness (QED) is 0.814. The number of halogens is 3. The average Bonchev–Trinajstić information content (AvgIpc) is 2.50. The maximum absolute atomic E-state index is 13.0. The molecule has 0 amide bonds. The minimum absolute atomic E-state index is 0. The fourth-order valence-corrected chi connectivity index (χ4v) is 5.17. The van der Waals surface area contributed by atoms with E-state index < -0.39 is 10.0 Å². The molecule has 0 aromatic heterocycles. The van der Waals surface area contributed by atoms with Crippen molar-refractivity contribution in [3.63, 3.8) is 0 Å². The molecule has 0 radical (unpaired) electrons. The van der Waals surface area contributed by atoms with Gasteiger partial charge in [0, 0.05) is 22.6 Å². The summed E-state index contributed by atoms with van der Waals surface area (Å²) in [6, 6.07) is 3.04. The van der Waals surface area contributed by atoms with Crippen molar-refractivity contribution in [1.82, 2.24) is 9.62 Å². The van der Waals surface area contributed by atoms with Crippen LogP contribution < -0.4 is 5.32 Å². The molecule has 0 bridgehead atoms. The molecule has 1 aliphatic heterocycles. The summed E-state index contributed by atoms with van der Waals surface area (Å²) in [6.45, 7) is 5.96. The van der Waals surface area contributed by atoms with Crippen LogP contribution in [0.25, 0.3) is 0 Å². The van der Waals surface area contributed by atoms with Crippen molar-refractivity contribution in [2.45, 2.75) is 44.0 Å². The lowest BCUT2D eigenvalue weighted by molar-refractivity contribution is 0.262. The fraction of sp³-hybridized carbons (Fsp3) is 0.600. The Morgan fingerprint density at radius 1 is 1.22 bits per heavy atom. The van der Waals surface area contributed by atoms with Crippen LogP contribution in [-0.2, 0) is 10.0 Å². The van der Waals surface area contributed by atoms with E-state index in [1.165, 1.54) is 12.1 Å². The van der Waals surface area contributed by atoms with Gasteiger partial charge in [-0.3, -0.25) is 0 Å². The maximum atomic E-state index is 13.0. The van der Waals surface area contributed by atoms with Gasteiger partial charge in [-0.1, -0.05) is 30.1 Å². The molecule has 1 fully saturated rings. The second-order valence-corrected chi connectivity index (χ2v) is 8.31. The van der Waals surface area contributed by atoms with Crippen molar-refractivity contribution in [2.24, 2.45) is 0 Å². The molecule has 1 aliphatic rings. The van der Waals surface area contributed by atoms with Crippen molar-refractivity contribution in [3.05, 3.63) is 27.7 Å². The van der Waals surface area contributed by atoms with Crippen molar-refractivity contribution >= 4 is 45.6 Å². The third-order valence-electron chi connectivity index (χ3n) is 4.02. The summed E-state index contributed by atoms with van der Waals surface area (Å²) < 4.78 is 27.7. The standard InChI is InChI=1S/C15H22Cl2N2O2S.ClH/c1-3-8-19(12-4-6-18-7-5-12)22(20,21)13-9-14(16)11(2)15(17)10-13;/h9-10,12,18H,3-8H2,1-2H3;1H. The van der Waals surface area contributed by atoms with Gasteiger partial charge in [-0.2, -0.15) is 4.31 Å². The van der Waals surface area contributed by atoms with Crippen LogP contribution in [0.3, 0.4) is 0 Å². The Labute approximate surface area is 155 Å². The SMILES string of the molecule is CCCN(C1CCNCC1)S(=O)(=O)c1cc(Cl)c(C)c(Cl)c1.Cl. The van der Waals surface area contributed by atoms with Crippen LogP contribution in [0.15, 0.2) is 17.0 Å². The van der Waals surface area contributed by atoms with Crippen LogP contribution in [0.2, 0.25) is 10.0 Å². The normalized spacial score (nSPS) is 16.4. The van der Waals surface area contributed by atoms with Gasteiger partial charge in [0.05, 0.1) is 4.90 Å². The highest BCUT2D eigenvalue weighted by atomic mass is 35.5. The Balaban J connectivity index is 0.00000264. The average molecular weight is 402 g/mol. The van der Waals surface area contributed by atoms with E-state index in [2.05, 4.69) is 5.32 Å². The summed E-state index contributed by atoms with van der Waals surface area (Å²) in [5.41, 5.74) is 0.700. The van der Waals surface area contributed by atoms with Gasteiger partial charge in [-0.05, 0) is 57.0 Å². The lowest BCUT2D eigenvalue weighted by atomic mass is 10.1. The summed E-state index contributed by atoms with van der Waals surface area (Å²) in [5.74, 6) is 0. The van der Waals surface area contributed by atoms with Crippen LogP contribution in [0.1, 0.15) is 31.7 Å². The number of rotatable bonds is 5. The number of piperidine rings is 1. The maximum Gasteiger partial charge on any atom is 0.243 e. The monoisotopic (exact) mass is 400 g/mol. The predicted octanol–water partition coefficient (Wildman–Crippen LogP) is 3.88. The first-order chi connectivity index (χ1) is 10.4. The topological polar surface area (TPSA) is 49.4 Å². The molecule has 1 aromatic carbocycles. The Hall–Kier alpha value is -0.0400. The van der Waals surface area contributed by atoms with Gasteiger partial charge in [-0.15, -0.1) is 12.4 Å². The predicted molar refractivity (Wildman–Crippen MR) is 98.5 cm³/mol. The van der Waals surface area contributed by atoms with E-state index in [-0.39, 0.29) is 23.3 Å². The summed E-state index contributed by atoms with van der Waals surface area (Å²) in [4.78, 5) is 0.181. The van der Waals surface area contributed by atoms with Crippen molar-refractivity contribution in [3.8, 4) is 0 Å². The van der Waals surface area contributed by atoms with E-state index in [1.54, 1.807) is 11.2 Å². The third-order valence-corrected chi connectivity index (χ3v) is 6.74. The molecule has 0 unspecified atom stereocenters. The minimum atomic E-state index is -3.59. The zero-order valence-electron chi connectivity index (χ0n) is 13.3. The number of hydrogen-bond acceptors (Lipinski definition) is 3. The number of hydrogen-bond donors (Lipinski definition) is 1. The molecule has 1 heterocycles. The lowest BCUT2D eigenvalue weighted by Gasteiger charge is -2.33. The molecule has 1 aromatic rings. The van der Waals surface area contributed by atoms with E-state index in [9.17, 15) is 8.42 Å². The molecule has 8 heteroatoms. The second-order valence-electron chi connectivity index (χ2n) is 5.61. The van der Waals surface area contributed by atoms with Crippen LogP contribution >= 0.6 is 35.6 Å². The van der Waals surface area contributed by atoms with Gasteiger partial charge in [0.2, 0.25) is 10.0 Å². The smallest absolute Gasteiger partial charge is 0.243 e. The molecular weight excluding hydrogens is 379 g/mol. The fourth-order valence-electron chi connectivity index (χ4n) is 2.72. The van der Waals surface area contributed by atoms with Crippen LogP contribution in [0.5, 0.6) is 0 Å². The largest absolute Gasteiger partial charge is 0.317 e. The van der Waals surface area contributed by atoms with Crippen molar-refractivity contribution < 1.29 is 8.42 Å². The first kappa shape index (κ1) is 21.0. The number of benzene rings is 1. The van der Waals surface area contributed by atoms with Crippen LogP contribution in [0, 0.1) is 6.92 Å². The Kier molecular flexibility index (Phi) is 8.11. The molecule has 4 nitrogen and oxygen atoms in total. The van der Waals surface area contributed by atoms with Gasteiger partial charge < -0.3 is 5.32 Å². The zero-order chi connectivity index (χ0) is 16.3. The zero-order valence-corrected chi connectivity index (χ0v) is 16.5. The van der Waals surface area contributed by atoms with E-state index in [4.69, 9.17) is 23.2 Å². The molecule has 132 valence electrons. The van der Waals surface area contributed by atoms with E-state index in [1.807, 2.05) is 6.92 Å². The van der Waals surface area contributed by atoms with Gasteiger partial charge in [0.1, 0.15) is 0 Å². The molecule has 0 atom stereocenters. The van der Waals surface area contributed by atoms with Gasteiger partial charge in [0.25, 0.3) is 0 Å². The highest BCUT2D eigenvalue weighted by Gasteiger charge is 2.32. The summed E-state index contributed by atoms with van der Waals surface area (Å²) in [5, 5.41) is 4.03. The molecule has 0 spiro atoms. The van der Waals surface area contributed by atoms with Gasteiger partial charge >= 0.3 is 0 Å². The second kappa shape index (κ2) is 8.88. The minimum Gasteiger partial charge on any atom is -0.317 e. The van der Waals surface area contributed by atoms with E-state index in [0.29, 0.717) is 22.2 Å². The molecular formula is C15H23Cl3N2O2S. The summed E-state index contributed by atoms with van der Waals surface area (Å²) in [7, 11) is -3.59. The molecule has 2 rings (SSSR count). The first-order valence-electron chi connectivity index (χ1n) is 7.56. The Morgan fingerprint density at radius 2 is 1.74 bits per heavy atom. The summed E-state index contributed by atoms with van der Waals surface area (Å²) >= 11 is 12.2. The van der Waals surface area contributed by atoms with Crippen molar-refractivity contribution in [2.75, 3.05) is 19.6 Å². The van der Waals surface area contributed by atoms with E-state index in [0.717, 1.165) is 32.4 Å². The molecule has 23 heavy (non-hydrogen) atoms. The third kappa shape index (κ3) is 4.74. The number of nitrogens with one attached hydrogen (secondary N) is 1. The van der Waals surface area contributed by atoms with Crippen LogP contribution in [0.4, 0.5) is 0 Å². The van der Waals surface area contributed by atoms with E-state index >= 15 is 0 Å². The molecule has 0 aliphatic carbocycles. The first-order valence-corrected chi connectivity index (χ1v) is 9.75. The molecule has 0 saturated carbocycles. The molecule has 1 saturated heterocycles. The summed E-state index contributed by atoms with van der Waals surface area (Å²) in [6.07, 6.45) is 2.43. The van der Waals surface area contributed by atoms with Gasteiger partial charge in [0.15, 0.2) is 0 Å². The number of sulfonamides is 1. The van der Waals surface area contributed by atoms with Crippen LogP contribution in [-0.4, -0.2) is 38.4 Å². The Bertz CT molecular complexity index is 609. The number of nitrogens with zero attached hydrogens (tertiary/aromatic N) is 1. The van der Waals surface area contributed by atoms with Crippen molar-refractivity contribution in [1.29, 1.82) is 0 Å². The highest BCUT2D eigenvalue weighted by molar-refractivity contribution is 7.89.